The van der Waals surface area contributed by atoms with Crippen molar-refractivity contribution in [1.29, 1.82) is 0 Å². The number of sulfonamides is 1. The van der Waals surface area contributed by atoms with Gasteiger partial charge in [0, 0.05) is 24.3 Å². The van der Waals surface area contributed by atoms with Crippen molar-refractivity contribution in [2.45, 2.75) is 32.6 Å². The number of aryl methyl sites for hydroxylation is 1. The van der Waals surface area contributed by atoms with Crippen LogP contribution in [0, 0.1) is 13.8 Å². The van der Waals surface area contributed by atoms with E-state index in [-0.39, 0.29) is 16.0 Å². The van der Waals surface area contributed by atoms with E-state index >= 15 is 0 Å². The van der Waals surface area contributed by atoms with Gasteiger partial charge in [-0.2, -0.15) is 0 Å². The maximum absolute atomic E-state index is 12.6. The monoisotopic (exact) mass is 419 g/mol. The molecule has 8 nitrogen and oxygen atoms in total. The van der Waals surface area contributed by atoms with Crippen LogP contribution in [0.2, 0.25) is 0 Å². The summed E-state index contributed by atoms with van der Waals surface area (Å²) in [5, 5.41) is 9.17. The molecule has 3 N–H and O–H groups in total. The number of hydrogen-bond acceptors (Lipinski definition) is 5. The number of carbonyl (C=O) groups excluding carboxylic acids is 1. The largest absolute Gasteiger partial charge is 0.478 e. The molecule has 0 aliphatic carbocycles. The fourth-order valence-corrected chi connectivity index (χ4v) is 4.07. The van der Waals surface area contributed by atoms with Gasteiger partial charge in [-0.25, -0.2) is 13.2 Å². The number of carboxylic acid groups (broad SMARTS) is 1. The first-order valence-corrected chi connectivity index (χ1v) is 10.6. The first-order valence-electron chi connectivity index (χ1n) is 9.12. The normalized spacial score (nSPS) is 11.2. The summed E-state index contributed by atoms with van der Waals surface area (Å²) in [5.41, 5.74) is 4.20. The Bertz CT molecular complexity index is 1010. The van der Waals surface area contributed by atoms with Crippen molar-refractivity contribution < 1.29 is 23.1 Å². The van der Waals surface area contributed by atoms with Crippen molar-refractivity contribution in [3.05, 3.63) is 58.7 Å². The maximum Gasteiger partial charge on any atom is 0.335 e. The molecule has 29 heavy (non-hydrogen) atoms. The molecule has 2 rings (SSSR count). The smallest absolute Gasteiger partial charge is 0.335 e. The third-order valence-electron chi connectivity index (χ3n) is 4.71. The summed E-state index contributed by atoms with van der Waals surface area (Å²) in [7, 11) is -4.16. The predicted octanol–water partition coefficient (Wildman–Crippen LogP) is 2.47. The molecule has 0 saturated heterocycles. The van der Waals surface area contributed by atoms with Gasteiger partial charge in [-0.15, -0.1) is 4.83 Å². The second-order valence-electron chi connectivity index (χ2n) is 6.50. The third kappa shape index (κ3) is 5.12. The van der Waals surface area contributed by atoms with Crippen LogP contribution in [0.25, 0.3) is 0 Å². The Morgan fingerprint density at radius 3 is 2.10 bits per heavy atom. The molecule has 0 heterocycles. The zero-order valence-electron chi connectivity index (χ0n) is 16.8. The van der Waals surface area contributed by atoms with Gasteiger partial charge in [-0.3, -0.25) is 10.2 Å². The lowest BCUT2D eigenvalue weighted by molar-refractivity contribution is 0.0696. The Kier molecular flexibility index (Phi) is 6.99. The van der Waals surface area contributed by atoms with Crippen LogP contribution in [0.1, 0.15) is 45.7 Å². The lowest BCUT2D eigenvalue weighted by atomic mass is 10.1. The van der Waals surface area contributed by atoms with Crippen molar-refractivity contribution in [2.24, 2.45) is 0 Å². The molecule has 0 unspecified atom stereocenters. The van der Waals surface area contributed by atoms with E-state index in [4.69, 9.17) is 5.11 Å². The van der Waals surface area contributed by atoms with E-state index in [9.17, 15) is 18.0 Å². The molecule has 0 aromatic heterocycles. The number of carboxylic acids is 1. The second kappa shape index (κ2) is 9.06. The molecule has 0 aliphatic rings. The zero-order chi connectivity index (χ0) is 21.8. The molecule has 0 saturated carbocycles. The number of hydrazine groups is 1. The summed E-state index contributed by atoms with van der Waals surface area (Å²) in [6, 6.07) is 9.26. The van der Waals surface area contributed by atoms with E-state index in [0.29, 0.717) is 11.1 Å². The molecular weight excluding hydrogens is 394 g/mol. The standard InChI is InChI=1S/C20H25N3O5S/c1-5-23(6-2)17-9-7-15(8-10-17)19(24)21-22-29(27,28)18-12-16(20(25)26)11-13(3)14(18)4/h7-12,22H,5-6H2,1-4H3,(H,21,24)(H,25,26). The van der Waals surface area contributed by atoms with Gasteiger partial charge in [-0.1, -0.05) is 0 Å². The number of nitrogens with one attached hydrogen (secondary N) is 2. The highest BCUT2D eigenvalue weighted by molar-refractivity contribution is 7.89. The topological polar surface area (TPSA) is 116 Å². The number of rotatable bonds is 8. The van der Waals surface area contributed by atoms with Gasteiger partial charge >= 0.3 is 5.97 Å². The number of carbonyl (C=O) groups is 2. The Balaban J connectivity index is 2.18. The van der Waals surface area contributed by atoms with Crippen molar-refractivity contribution >= 4 is 27.6 Å². The van der Waals surface area contributed by atoms with Gasteiger partial charge < -0.3 is 10.0 Å². The second-order valence-corrected chi connectivity index (χ2v) is 8.15. The SMILES string of the molecule is CCN(CC)c1ccc(C(=O)NNS(=O)(=O)c2cc(C(=O)O)cc(C)c2C)cc1. The van der Waals surface area contributed by atoms with E-state index < -0.39 is 21.9 Å². The van der Waals surface area contributed by atoms with Crippen molar-refractivity contribution in [3.8, 4) is 0 Å². The molecular formula is C20H25N3O5S. The Labute approximate surface area is 170 Å². The summed E-state index contributed by atoms with van der Waals surface area (Å²) < 4.78 is 25.2. The minimum absolute atomic E-state index is 0.146. The van der Waals surface area contributed by atoms with Crippen LogP contribution in [0.3, 0.4) is 0 Å². The molecule has 2 aromatic rings. The summed E-state index contributed by atoms with van der Waals surface area (Å²) in [6.07, 6.45) is 0. The average Bonchev–Trinajstić information content (AvgIpc) is 2.69. The molecule has 2 aromatic carbocycles. The molecule has 0 aliphatic heterocycles. The van der Waals surface area contributed by atoms with Crippen LogP contribution in [-0.4, -0.2) is 38.5 Å². The van der Waals surface area contributed by atoms with E-state index in [2.05, 4.69) is 10.3 Å². The lowest BCUT2D eigenvalue weighted by Gasteiger charge is -2.21. The summed E-state index contributed by atoms with van der Waals surface area (Å²) in [5.74, 6) is -1.86. The number of nitrogens with zero attached hydrogens (tertiary/aromatic N) is 1. The fourth-order valence-electron chi connectivity index (χ4n) is 2.88. The number of hydrogen-bond donors (Lipinski definition) is 3. The highest BCUT2D eigenvalue weighted by atomic mass is 32.2. The van der Waals surface area contributed by atoms with Crippen LogP contribution in [-0.2, 0) is 10.0 Å². The van der Waals surface area contributed by atoms with Crippen LogP contribution in [0.5, 0.6) is 0 Å². The summed E-state index contributed by atoms with van der Waals surface area (Å²) in [4.78, 5) is 27.5. The highest BCUT2D eigenvalue weighted by Crippen LogP contribution is 2.21. The van der Waals surface area contributed by atoms with Crippen LogP contribution < -0.4 is 15.2 Å². The number of benzene rings is 2. The van der Waals surface area contributed by atoms with Crippen molar-refractivity contribution in [1.82, 2.24) is 10.3 Å². The quantitative estimate of drug-likeness (QED) is 0.566. The molecule has 1 amide bonds. The van der Waals surface area contributed by atoms with Crippen LogP contribution in [0.4, 0.5) is 5.69 Å². The molecule has 9 heteroatoms. The van der Waals surface area contributed by atoms with E-state index in [0.717, 1.165) is 24.8 Å². The van der Waals surface area contributed by atoms with Crippen molar-refractivity contribution in [3.63, 3.8) is 0 Å². The fraction of sp³-hybridized carbons (Fsp3) is 0.300. The van der Waals surface area contributed by atoms with Gasteiger partial charge in [0.25, 0.3) is 15.9 Å². The summed E-state index contributed by atoms with van der Waals surface area (Å²) in [6.45, 7) is 8.91. The van der Waals surface area contributed by atoms with Crippen molar-refractivity contribution in [2.75, 3.05) is 18.0 Å². The number of anilines is 1. The average molecular weight is 420 g/mol. The van der Waals surface area contributed by atoms with Gasteiger partial charge in [0.2, 0.25) is 0 Å². The van der Waals surface area contributed by atoms with Crippen LogP contribution in [0.15, 0.2) is 41.3 Å². The third-order valence-corrected chi connectivity index (χ3v) is 6.09. The molecule has 0 radical (unpaired) electrons. The van der Waals surface area contributed by atoms with Gasteiger partial charge in [-0.05, 0) is 75.2 Å². The summed E-state index contributed by atoms with van der Waals surface area (Å²) >= 11 is 0. The van der Waals surface area contributed by atoms with Gasteiger partial charge in [0.05, 0.1) is 10.5 Å². The Morgan fingerprint density at radius 2 is 1.59 bits per heavy atom. The Morgan fingerprint density at radius 1 is 1.00 bits per heavy atom. The molecule has 0 bridgehead atoms. The van der Waals surface area contributed by atoms with E-state index in [1.54, 1.807) is 38.1 Å². The molecule has 0 atom stereocenters. The molecule has 0 fully saturated rings. The minimum Gasteiger partial charge on any atom is -0.478 e. The zero-order valence-corrected chi connectivity index (χ0v) is 17.6. The number of aromatic carboxylic acids is 1. The minimum atomic E-state index is -4.16. The highest BCUT2D eigenvalue weighted by Gasteiger charge is 2.21. The first kappa shape index (κ1) is 22.4. The van der Waals surface area contributed by atoms with E-state index in [1.807, 2.05) is 18.7 Å². The Hall–Kier alpha value is -2.91. The van der Waals surface area contributed by atoms with Crippen LogP contribution >= 0.6 is 0 Å². The molecule has 0 spiro atoms. The first-order chi connectivity index (χ1) is 13.6. The lowest BCUT2D eigenvalue weighted by Crippen LogP contribution is -2.41. The van der Waals surface area contributed by atoms with Gasteiger partial charge in [0.15, 0.2) is 0 Å². The maximum atomic E-state index is 12.6. The number of amides is 1. The van der Waals surface area contributed by atoms with Gasteiger partial charge in [0.1, 0.15) is 0 Å². The van der Waals surface area contributed by atoms with E-state index in [1.165, 1.54) is 6.07 Å². The molecule has 156 valence electrons. The predicted molar refractivity (Wildman–Crippen MR) is 111 cm³/mol.